The lowest BCUT2D eigenvalue weighted by Gasteiger charge is -2.27. The fraction of sp³-hybridized carbons (Fsp3) is 0.538. The summed E-state index contributed by atoms with van der Waals surface area (Å²) in [5, 5.41) is 29.8. The Bertz CT molecular complexity index is 733. The number of hydrogen-bond acceptors (Lipinski definition) is 6. The summed E-state index contributed by atoms with van der Waals surface area (Å²) in [6, 6.07) is 1.09. The molecular weight excluding hydrogens is 299 g/mol. The SMILES string of the molecule is Cc1cc(=O)[nH]c(=O)n1C1OC(CO)[C@H](O)C1(O)C#CCF. The largest absolute Gasteiger partial charge is 0.394 e. The molecule has 0 radical (unpaired) electrons. The zero-order chi connectivity index (χ0) is 16.5. The molecule has 4 atom stereocenters. The highest BCUT2D eigenvalue weighted by Gasteiger charge is 2.56. The van der Waals surface area contributed by atoms with Crippen LogP contribution in [0.4, 0.5) is 4.39 Å². The summed E-state index contributed by atoms with van der Waals surface area (Å²) in [5.41, 5.74) is -3.70. The highest BCUT2D eigenvalue weighted by molar-refractivity contribution is 5.23. The van der Waals surface area contributed by atoms with Crippen molar-refractivity contribution in [2.24, 2.45) is 0 Å². The Morgan fingerprint density at radius 1 is 1.55 bits per heavy atom. The van der Waals surface area contributed by atoms with Gasteiger partial charge in [0, 0.05) is 11.8 Å². The van der Waals surface area contributed by atoms with Crippen molar-refractivity contribution in [1.82, 2.24) is 9.55 Å². The van der Waals surface area contributed by atoms with E-state index in [9.17, 15) is 29.3 Å². The Morgan fingerprint density at radius 3 is 2.77 bits per heavy atom. The van der Waals surface area contributed by atoms with Crippen LogP contribution in [0.1, 0.15) is 11.9 Å². The van der Waals surface area contributed by atoms with Gasteiger partial charge in [0.2, 0.25) is 0 Å². The summed E-state index contributed by atoms with van der Waals surface area (Å²) in [6.45, 7) is -0.304. The molecule has 1 aromatic rings. The van der Waals surface area contributed by atoms with Crippen LogP contribution in [0.25, 0.3) is 0 Å². The Balaban J connectivity index is 2.62. The molecule has 0 bridgehead atoms. The number of nitrogens with one attached hydrogen (secondary N) is 1. The van der Waals surface area contributed by atoms with Crippen molar-refractivity contribution in [2.75, 3.05) is 13.3 Å². The molecule has 3 unspecified atom stereocenters. The molecule has 0 aromatic carbocycles. The maximum Gasteiger partial charge on any atom is 0.330 e. The van der Waals surface area contributed by atoms with E-state index in [0.29, 0.717) is 0 Å². The fourth-order valence-electron chi connectivity index (χ4n) is 2.40. The van der Waals surface area contributed by atoms with Crippen molar-refractivity contribution in [3.8, 4) is 11.8 Å². The number of aryl methyl sites for hydroxylation is 1. The number of aromatic nitrogens is 2. The minimum Gasteiger partial charge on any atom is -0.394 e. The van der Waals surface area contributed by atoms with E-state index in [1.807, 2.05) is 10.9 Å². The molecule has 1 fully saturated rings. The third kappa shape index (κ3) is 2.57. The van der Waals surface area contributed by atoms with Crippen molar-refractivity contribution in [3.63, 3.8) is 0 Å². The van der Waals surface area contributed by atoms with Gasteiger partial charge in [0.25, 0.3) is 5.56 Å². The number of alkyl halides is 1. The van der Waals surface area contributed by atoms with Crippen LogP contribution in [-0.4, -0.2) is 56.0 Å². The standard InChI is InChI=1S/C13H15FN2O6/c1-7-5-9(18)15-12(20)16(7)11-13(21,3-2-4-14)10(19)8(6-17)22-11/h5,8,10-11,17,19,21H,4,6H2,1H3,(H,15,18,20)/t8?,10-,11?,13?/m0/s1. The molecule has 1 saturated heterocycles. The number of rotatable bonds is 2. The van der Waals surface area contributed by atoms with E-state index in [2.05, 4.69) is 5.92 Å². The van der Waals surface area contributed by atoms with Gasteiger partial charge < -0.3 is 20.1 Å². The van der Waals surface area contributed by atoms with Gasteiger partial charge in [0.05, 0.1) is 6.61 Å². The number of hydrogen-bond donors (Lipinski definition) is 4. The van der Waals surface area contributed by atoms with Crippen molar-refractivity contribution < 1.29 is 24.4 Å². The van der Waals surface area contributed by atoms with Gasteiger partial charge in [-0.2, -0.15) is 0 Å². The van der Waals surface area contributed by atoms with Crippen LogP contribution >= 0.6 is 0 Å². The Morgan fingerprint density at radius 2 is 2.23 bits per heavy atom. The lowest BCUT2D eigenvalue weighted by Crippen LogP contribution is -2.49. The van der Waals surface area contributed by atoms with Crippen LogP contribution in [0.5, 0.6) is 0 Å². The van der Waals surface area contributed by atoms with Crippen LogP contribution in [0, 0.1) is 18.8 Å². The molecule has 120 valence electrons. The van der Waals surface area contributed by atoms with Gasteiger partial charge in [-0.25, -0.2) is 9.18 Å². The minimum atomic E-state index is -2.31. The number of nitrogens with zero attached hydrogens (tertiary/aromatic N) is 1. The zero-order valence-electron chi connectivity index (χ0n) is 11.6. The van der Waals surface area contributed by atoms with E-state index in [4.69, 9.17) is 4.74 Å². The smallest absolute Gasteiger partial charge is 0.330 e. The number of H-pyrrole nitrogens is 1. The second-order valence-electron chi connectivity index (χ2n) is 4.87. The van der Waals surface area contributed by atoms with Gasteiger partial charge in [-0.1, -0.05) is 11.8 Å². The molecule has 0 spiro atoms. The average Bonchev–Trinajstić information content (AvgIpc) is 2.69. The van der Waals surface area contributed by atoms with E-state index in [1.165, 1.54) is 6.92 Å². The molecule has 1 aliphatic rings. The normalized spacial score (nSPS) is 30.9. The molecule has 9 heteroatoms. The fourth-order valence-corrected chi connectivity index (χ4v) is 2.40. The number of ether oxygens (including phenoxy) is 1. The third-order valence-corrected chi connectivity index (χ3v) is 3.42. The van der Waals surface area contributed by atoms with Crippen molar-refractivity contribution in [2.45, 2.75) is 31.0 Å². The summed E-state index contributed by atoms with van der Waals surface area (Å²) in [7, 11) is 0. The highest BCUT2D eigenvalue weighted by Crippen LogP contribution is 2.37. The first kappa shape index (κ1) is 16.4. The molecule has 1 aliphatic heterocycles. The highest BCUT2D eigenvalue weighted by atomic mass is 19.1. The average molecular weight is 314 g/mol. The number of aromatic amines is 1. The summed E-state index contributed by atoms with van der Waals surface area (Å²) < 4.78 is 18.5. The molecule has 4 N–H and O–H groups in total. The monoisotopic (exact) mass is 314 g/mol. The van der Waals surface area contributed by atoms with Crippen LogP contribution in [0.2, 0.25) is 0 Å². The molecule has 22 heavy (non-hydrogen) atoms. The Kier molecular flexibility index (Phi) is 4.48. The van der Waals surface area contributed by atoms with Crippen molar-refractivity contribution in [1.29, 1.82) is 0 Å². The topological polar surface area (TPSA) is 125 Å². The molecule has 2 rings (SSSR count). The first-order chi connectivity index (χ1) is 10.3. The Hall–Kier alpha value is -1.99. The molecule has 2 heterocycles. The predicted molar refractivity (Wildman–Crippen MR) is 71.8 cm³/mol. The summed E-state index contributed by atoms with van der Waals surface area (Å²) in [4.78, 5) is 25.2. The van der Waals surface area contributed by atoms with E-state index >= 15 is 0 Å². The third-order valence-electron chi connectivity index (χ3n) is 3.42. The minimum absolute atomic E-state index is 0.144. The maximum atomic E-state index is 12.3. The molecule has 0 amide bonds. The number of aliphatic hydroxyl groups excluding tert-OH is 2. The van der Waals surface area contributed by atoms with Crippen LogP contribution < -0.4 is 11.2 Å². The van der Waals surface area contributed by atoms with Crippen molar-refractivity contribution in [3.05, 3.63) is 32.6 Å². The molecule has 8 nitrogen and oxygen atoms in total. The second kappa shape index (κ2) is 6.02. The van der Waals surface area contributed by atoms with Gasteiger partial charge in [0.1, 0.15) is 18.9 Å². The molecule has 0 saturated carbocycles. The number of aliphatic hydroxyl groups is 3. The van der Waals surface area contributed by atoms with Gasteiger partial charge in [-0.05, 0) is 6.92 Å². The van der Waals surface area contributed by atoms with Crippen LogP contribution in [0.3, 0.4) is 0 Å². The summed E-state index contributed by atoms with van der Waals surface area (Å²) in [6.07, 6.45) is -4.40. The van der Waals surface area contributed by atoms with Crippen LogP contribution in [0.15, 0.2) is 15.7 Å². The number of halogens is 1. The van der Waals surface area contributed by atoms with Gasteiger partial charge in [-0.3, -0.25) is 14.3 Å². The lowest BCUT2D eigenvalue weighted by molar-refractivity contribution is -0.0775. The van der Waals surface area contributed by atoms with Gasteiger partial charge in [-0.15, -0.1) is 0 Å². The second-order valence-corrected chi connectivity index (χ2v) is 4.87. The maximum absolute atomic E-state index is 12.3. The molecular formula is C13H15FN2O6. The van der Waals surface area contributed by atoms with E-state index in [0.717, 1.165) is 10.6 Å². The summed E-state index contributed by atoms with van der Waals surface area (Å²) in [5.74, 6) is 4.11. The molecule has 0 aliphatic carbocycles. The van der Waals surface area contributed by atoms with Crippen LogP contribution in [-0.2, 0) is 4.74 Å². The van der Waals surface area contributed by atoms with Gasteiger partial charge in [0.15, 0.2) is 11.8 Å². The first-order valence-electron chi connectivity index (χ1n) is 6.40. The zero-order valence-corrected chi connectivity index (χ0v) is 11.6. The summed E-state index contributed by atoms with van der Waals surface area (Å²) >= 11 is 0. The van der Waals surface area contributed by atoms with E-state index in [-0.39, 0.29) is 5.69 Å². The molecule has 1 aromatic heterocycles. The lowest BCUT2D eigenvalue weighted by atomic mass is 9.94. The van der Waals surface area contributed by atoms with E-state index < -0.39 is 48.6 Å². The van der Waals surface area contributed by atoms with Crippen molar-refractivity contribution >= 4 is 0 Å². The predicted octanol–water partition coefficient (Wildman–Crippen LogP) is -2.20. The Labute approximate surface area is 123 Å². The quantitative estimate of drug-likeness (QED) is 0.459. The van der Waals surface area contributed by atoms with E-state index in [1.54, 1.807) is 0 Å². The van der Waals surface area contributed by atoms with Gasteiger partial charge >= 0.3 is 5.69 Å². The first-order valence-corrected chi connectivity index (χ1v) is 6.40.